The number of fused-ring (bicyclic) bond motifs is 1. The quantitative estimate of drug-likeness (QED) is 0.0649. The van der Waals surface area contributed by atoms with E-state index in [-0.39, 0.29) is 75.4 Å². The van der Waals surface area contributed by atoms with E-state index in [1.54, 1.807) is 0 Å². The van der Waals surface area contributed by atoms with Gasteiger partial charge in [-0.3, -0.25) is 14.1 Å². The molecule has 3 aromatic rings. The molecule has 0 spiro atoms. The summed E-state index contributed by atoms with van der Waals surface area (Å²) in [6, 6.07) is 5.42. The van der Waals surface area contributed by atoms with Crippen molar-refractivity contribution in [2.24, 2.45) is 15.2 Å². The number of hydrogen-bond donors (Lipinski definition) is 3. The molecular weight excluding hydrogens is 628 g/mol. The van der Waals surface area contributed by atoms with Crippen molar-refractivity contribution >= 4 is 63.8 Å². The van der Waals surface area contributed by atoms with Gasteiger partial charge in [-0.25, -0.2) is 8.42 Å². The first-order valence-corrected chi connectivity index (χ1v) is 14.9. The first kappa shape index (κ1) is 37.3. The molecule has 0 amide bonds. The molecule has 0 radical (unpaired) electrons. The van der Waals surface area contributed by atoms with Crippen LogP contribution in [0.5, 0.6) is 11.5 Å². The fourth-order valence-electron chi connectivity index (χ4n) is 3.40. The van der Waals surface area contributed by atoms with Crippen LogP contribution in [0.1, 0.15) is 6.92 Å². The number of nitrogens with zero attached hydrogens (tertiary/aromatic N) is 3. The average molecular weight is 648 g/mol. The van der Waals surface area contributed by atoms with Gasteiger partial charge in [-0.1, -0.05) is 5.75 Å². The zero-order valence-corrected chi connectivity index (χ0v) is 28.4. The third-order valence-corrected chi connectivity index (χ3v) is 8.46. The molecule has 0 heterocycles. The molecule has 3 N–H and O–H groups in total. The van der Waals surface area contributed by atoms with Crippen molar-refractivity contribution in [3.05, 3.63) is 36.4 Å². The van der Waals surface area contributed by atoms with Crippen molar-refractivity contribution in [2.75, 3.05) is 19.5 Å². The van der Waals surface area contributed by atoms with E-state index >= 15 is 0 Å². The van der Waals surface area contributed by atoms with Gasteiger partial charge in [0.05, 0.1) is 40.6 Å². The van der Waals surface area contributed by atoms with Gasteiger partial charge in [0, 0.05) is 5.39 Å². The Bertz CT molecular complexity index is 1860. The monoisotopic (exact) mass is 647 g/mol. The predicted octanol–water partition coefficient (Wildman–Crippen LogP) is -4.98. The molecule has 0 fully saturated rings. The molecule has 0 unspecified atom stereocenters. The maximum atomic E-state index is 13.4. The Morgan fingerprint density at radius 3 is 2.02 bits per heavy atom. The van der Waals surface area contributed by atoms with Crippen LogP contribution in [0.15, 0.2) is 66.3 Å². The Labute approximate surface area is 279 Å². The smallest absolute Gasteiger partial charge is 0.870 e. The van der Waals surface area contributed by atoms with Crippen LogP contribution in [0, 0.1) is 0 Å². The number of aliphatic imine (C=N–C) groups is 1. The molecule has 15 nitrogen and oxygen atoms in total. The van der Waals surface area contributed by atoms with Crippen molar-refractivity contribution in [1.82, 2.24) is 0 Å². The zero-order valence-electron chi connectivity index (χ0n) is 22.0. The minimum absolute atomic E-state index is 0. The fourth-order valence-corrected chi connectivity index (χ4v) is 5.64. The van der Waals surface area contributed by atoms with E-state index < -0.39 is 86.0 Å². The summed E-state index contributed by atoms with van der Waals surface area (Å²) < 4.78 is 96.6. The van der Waals surface area contributed by atoms with Crippen LogP contribution in [0.2, 0.25) is 0 Å². The number of benzene rings is 3. The van der Waals surface area contributed by atoms with Gasteiger partial charge >= 0.3 is 59.1 Å². The van der Waals surface area contributed by atoms with E-state index in [0.717, 1.165) is 25.1 Å². The molecule has 0 saturated heterocycles. The summed E-state index contributed by atoms with van der Waals surface area (Å²) in [7, 11) is -12.9. The molecule has 0 bridgehead atoms. The van der Waals surface area contributed by atoms with Crippen LogP contribution in [0.3, 0.4) is 0 Å². The number of aliphatic hydroxyl groups is 1. The summed E-state index contributed by atoms with van der Waals surface area (Å²) in [4.78, 5) is 1.31. The van der Waals surface area contributed by atoms with Crippen molar-refractivity contribution < 1.29 is 114 Å². The number of ether oxygens (including phenoxy) is 1. The first-order chi connectivity index (χ1) is 18.0. The minimum Gasteiger partial charge on any atom is -0.870 e. The summed E-state index contributed by atoms with van der Waals surface area (Å²) in [5.41, 5.74) is -1.83. The summed E-state index contributed by atoms with van der Waals surface area (Å²) in [5, 5.41) is 40.5. The third-order valence-electron chi connectivity index (χ3n) is 5.06. The van der Waals surface area contributed by atoms with Crippen LogP contribution in [0.25, 0.3) is 10.8 Å². The van der Waals surface area contributed by atoms with Gasteiger partial charge in [-0.05, 0) is 54.6 Å². The Kier molecular flexibility index (Phi) is 12.9. The largest absolute Gasteiger partial charge is 1.00 e. The Morgan fingerprint density at radius 2 is 1.51 bits per heavy atom. The Morgan fingerprint density at radius 1 is 0.902 bits per heavy atom. The second-order valence-corrected chi connectivity index (χ2v) is 12.7. The van der Waals surface area contributed by atoms with Crippen LogP contribution in [-0.2, 0) is 30.1 Å². The molecule has 0 aliphatic heterocycles. The fraction of sp³-hybridized carbons (Fsp3) is 0.190. The third kappa shape index (κ3) is 8.68. The minimum atomic E-state index is -5.21. The standard InChI is InChI=1S/C21H21N3O12S3.2Na/c1-11(26)22-16-10-14(38(30,31)32)7-12-8-18(39(33,34)35)20(21(27)19(12)16)24-23-15-9-13(3-4-17(15)36-2)37(28,29)6-5-25;;/h3-4,7-10,25,27H,5-6H2,1-2H3,(H,22,26)(H,30,31,32)(H,33,34,35);;/q;2*+1/p-2. The van der Waals surface area contributed by atoms with Crippen molar-refractivity contribution in [2.45, 2.75) is 21.6 Å². The SMILES string of the molecule is COc1ccc(S(=O)(=O)CCO)cc1N=Nc1c(S(=O)(=O)O)cc2cc(S(=O)(=O)O)cc(N=C(C)[O-])c2c1[O-].[Na+].[Na+]. The molecule has 0 aliphatic carbocycles. The van der Waals surface area contributed by atoms with Gasteiger partial charge in [-0.15, -0.1) is 10.2 Å². The number of aliphatic hydroxyl groups excluding tert-OH is 1. The summed E-state index contributed by atoms with van der Waals surface area (Å²) in [6.45, 7) is 0.306. The van der Waals surface area contributed by atoms with Gasteiger partial charge in [-0.2, -0.15) is 16.8 Å². The maximum absolute atomic E-state index is 13.4. The number of rotatable bonds is 9. The predicted molar refractivity (Wildman–Crippen MR) is 132 cm³/mol. The topological polar surface area (TPSA) is 256 Å². The number of sulfone groups is 1. The van der Waals surface area contributed by atoms with Crippen molar-refractivity contribution in [1.29, 1.82) is 0 Å². The number of hydrogen-bond acceptors (Lipinski definition) is 13. The van der Waals surface area contributed by atoms with E-state index in [4.69, 9.17) is 9.84 Å². The van der Waals surface area contributed by atoms with Gasteiger partial charge in [0.15, 0.2) is 9.84 Å². The molecule has 0 atom stereocenters. The van der Waals surface area contributed by atoms with E-state index in [1.807, 2.05) is 0 Å². The van der Waals surface area contributed by atoms with Crippen molar-refractivity contribution in [3.8, 4) is 11.5 Å². The van der Waals surface area contributed by atoms with Gasteiger partial charge in [0.2, 0.25) is 0 Å². The second kappa shape index (κ2) is 14.2. The van der Waals surface area contributed by atoms with Crippen molar-refractivity contribution in [3.63, 3.8) is 0 Å². The zero-order chi connectivity index (χ0) is 29.3. The summed E-state index contributed by atoms with van der Waals surface area (Å²) in [5.74, 6) is -2.80. The summed E-state index contributed by atoms with van der Waals surface area (Å²) in [6.07, 6.45) is 0. The van der Waals surface area contributed by atoms with Crippen LogP contribution in [0.4, 0.5) is 17.1 Å². The second-order valence-electron chi connectivity index (χ2n) is 7.75. The normalized spacial score (nSPS) is 12.7. The van der Waals surface area contributed by atoms with Crippen LogP contribution < -0.4 is 74.1 Å². The van der Waals surface area contributed by atoms with Gasteiger partial charge in [0.25, 0.3) is 20.2 Å². The van der Waals surface area contributed by atoms with E-state index in [0.29, 0.717) is 12.1 Å². The van der Waals surface area contributed by atoms with Gasteiger partial charge in [0.1, 0.15) is 16.3 Å². The molecule has 210 valence electrons. The Hall–Kier alpha value is -1.68. The molecule has 3 aromatic carbocycles. The molecule has 20 heteroatoms. The summed E-state index contributed by atoms with van der Waals surface area (Å²) >= 11 is 0. The number of azo groups is 1. The van der Waals surface area contributed by atoms with E-state index in [1.165, 1.54) is 13.2 Å². The van der Waals surface area contributed by atoms with Crippen LogP contribution in [-0.4, -0.2) is 64.8 Å². The number of methoxy groups -OCH3 is 1. The van der Waals surface area contributed by atoms with E-state index in [2.05, 4.69) is 15.2 Å². The average Bonchev–Trinajstić information content (AvgIpc) is 2.81. The Balaban J connectivity index is 0.00000420. The molecule has 41 heavy (non-hydrogen) atoms. The molecular formula is C21H19N3Na2O12S3. The maximum Gasteiger partial charge on any atom is 1.00 e. The first-order valence-electron chi connectivity index (χ1n) is 10.4. The van der Waals surface area contributed by atoms with E-state index in [9.17, 15) is 44.6 Å². The molecule has 0 aromatic heterocycles. The molecule has 0 saturated carbocycles. The molecule has 3 rings (SSSR count). The van der Waals surface area contributed by atoms with Gasteiger partial charge < -0.3 is 20.1 Å². The van der Waals surface area contributed by atoms with Crippen LogP contribution >= 0.6 is 0 Å². The molecule has 0 aliphatic rings.